The summed E-state index contributed by atoms with van der Waals surface area (Å²) in [6.07, 6.45) is 3.71. The molecule has 0 bridgehead atoms. The maximum absolute atomic E-state index is 12.8. The van der Waals surface area contributed by atoms with E-state index < -0.39 is 6.10 Å². The molecule has 8 heteroatoms. The van der Waals surface area contributed by atoms with Crippen molar-refractivity contribution >= 4 is 17.2 Å². The number of rotatable bonds is 7. The number of anilines is 1. The quantitative estimate of drug-likeness (QED) is 0.371. The van der Waals surface area contributed by atoms with Gasteiger partial charge in [0.1, 0.15) is 5.75 Å². The average molecular weight is 465 g/mol. The minimum Gasteiger partial charge on any atom is -0.481 e. The summed E-state index contributed by atoms with van der Waals surface area (Å²) in [5.41, 5.74) is 4.97. The molecule has 1 amide bonds. The van der Waals surface area contributed by atoms with Crippen LogP contribution in [0.2, 0.25) is 0 Å². The van der Waals surface area contributed by atoms with E-state index in [0.29, 0.717) is 22.9 Å². The first-order valence-electron chi connectivity index (χ1n) is 11.4. The number of nitrogens with one attached hydrogen (secondary N) is 1. The van der Waals surface area contributed by atoms with Gasteiger partial charge in [-0.2, -0.15) is 9.61 Å². The lowest BCUT2D eigenvalue weighted by molar-refractivity contribution is -0.122. The van der Waals surface area contributed by atoms with Crippen LogP contribution in [-0.2, 0) is 11.2 Å². The van der Waals surface area contributed by atoms with E-state index in [1.54, 1.807) is 23.8 Å². The molecule has 1 unspecified atom stereocenters. The largest absolute Gasteiger partial charge is 0.481 e. The standard InChI is InChI=1S/C27H24N6O2/c1-3-19-7-9-23(10-8-19)35-18(2)27(34)29-22-6-4-5-21(17-22)24-11-12-25-30-31-26(33(25)32-24)20-13-15-28-16-14-20/h4-18H,3H2,1-2H3,(H,29,34). The number of pyridine rings is 1. The lowest BCUT2D eigenvalue weighted by atomic mass is 10.1. The third kappa shape index (κ3) is 4.86. The zero-order valence-corrected chi connectivity index (χ0v) is 19.4. The molecule has 0 spiro atoms. The summed E-state index contributed by atoms with van der Waals surface area (Å²) in [5.74, 6) is 1.06. The number of ether oxygens (including phenoxy) is 1. The summed E-state index contributed by atoms with van der Waals surface area (Å²) >= 11 is 0. The minimum absolute atomic E-state index is 0.232. The number of hydrogen-bond acceptors (Lipinski definition) is 6. The molecule has 1 atom stereocenters. The Kier molecular flexibility index (Phi) is 6.17. The fraction of sp³-hybridized carbons (Fsp3) is 0.148. The molecule has 3 aromatic heterocycles. The first kappa shape index (κ1) is 22.2. The number of aryl methyl sites for hydroxylation is 1. The Labute approximate surface area is 202 Å². The van der Waals surface area contributed by atoms with Gasteiger partial charge in [0.15, 0.2) is 17.6 Å². The number of nitrogens with zero attached hydrogens (tertiary/aromatic N) is 5. The van der Waals surface area contributed by atoms with Crippen molar-refractivity contribution in [3.63, 3.8) is 0 Å². The zero-order chi connectivity index (χ0) is 24.2. The highest BCUT2D eigenvalue weighted by Gasteiger charge is 2.16. The molecular weight excluding hydrogens is 440 g/mol. The number of carbonyl (C=O) groups excluding carboxylic acids is 1. The van der Waals surface area contributed by atoms with Gasteiger partial charge in [-0.3, -0.25) is 9.78 Å². The molecular formula is C27H24N6O2. The summed E-state index contributed by atoms with van der Waals surface area (Å²) < 4.78 is 7.52. The van der Waals surface area contributed by atoms with Crippen molar-refractivity contribution in [1.29, 1.82) is 0 Å². The number of benzene rings is 2. The van der Waals surface area contributed by atoms with E-state index in [1.165, 1.54) is 5.56 Å². The molecule has 5 rings (SSSR count). The summed E-state index contributed by atoms with van der Waals surface area (Å²) in [6, 6.07) is 22.8. The number of carbonyl (C=O) groups is 1. The van der Waals surface area contributed by atoms with Gasteiger partial charge in [-0.25, -0.2) is 0 Å². The highest BCUT2D eigenvalue weighted by Crippen LogP contribution is 2.24. The van der Waals surface area contributed by atoms with Crippen LogP contribution in [0.1, 0.15) is 19.4 Å². The fourth-order valence-corrected chi connectivity index (χ4v) is 3.69. The molecule has 0 radical (unpaired) electrons. The Morgan fingerprint density at radius 1 is 0.971 bits per heavy atom. The predicted molar refractivity (Wildman–Crippen MR) is 134 cm³/mol. The topological polar surface area (TPSA) is 94.3 Å². The molecule has 0 aliphatic heterocycles. The van der Waals surface area contributed by atoms with E-state index in [-0.39, 0.29) is 5.91 Å². The Hall–Kier alpha value is -4.59. The van der Waals surface area contributed by atoms with Crippen LogP contribution in [0, 0.1) is 0 Å². The van der Waals surface area contributed by atoms with E-state index in [1.807, 2.05) is 72.8 Å². The molecule has 1 N–H and O–H groups in total. The molecule has 8 nitrogen and oxygen atoms in total. The van der Waals surface area contributed by atoms with Gasteiger partial charge in [-0.15, -0.1) is 10.2 Å². The Morgan fingerprint density at radius 2 is 1.77 bits per heavy atom. The Morgan fingerprint density at radius 3 is 2.54 bits per heavy atom. The molecule has 2 aromatic carbocycles. The lowest BCUT2D eigenvalue weighted by Crippen LogP contribution is -2.30. The molecule has 35 heavy (non-hydrogen) atoms. The summed E-state index contributed by atoms with van der Waals surface area (Å²) in [6.45, 7) is 3.83. The van der Waals surface area contributed by atoms with Gasteiger partial charge < -0.3 is 10.1 Å². The first-order chi connectivity index (χ1) is 17.1. The summed E-state index contributed by atoms with van der Waals surface area (Å²) in [5, 5.41) is 16.2. The van der Waals surface area contributed by atoms with Gasteiger partial charge in [-0.1, -0.05) is 31.2 Å². The summed E-state index contributed by atoms with van der Waals surface area (Å²) in [4.78, 5) is 16.8. The zero-order valence-electron chi connectivity index (χ0n) is 19.4. The van der Waals surface area contributed by atoms with Gasteiger partial charge in [-0.05, 0) is 67.4 Å². The maximum atomic E-state index is 12.8. The number of amides is 1. The van der Waals surface area contributed by atoms with Crippen molar-refractivity contribution in [2.45, 2.75) is 26.4 Å². The maximum Gasteiger partial charge on any atom is 0.265 e. The van der Waals surface area contributed by atoms with E-state index >= 15 is 0 Å². The number of hydrogen-bond donors (Lipinski definition) is 1. The summed E-state index contributed by atoms with van der Waals surface area (Å²) in [7, 11) is 0. The molecule has 0 saturated carbocycles. The lowest BCUT2D eigenvalue weighted by Gasteiger charge is -2.15. The van der Waals surface area contributed by atoms with E-state index in [0.717, 1.165) is 23.2 Å². The van der Waals surface area contributed by atoms with Crippen LogP contribution in [-0.4, -0.2) is 36.8 Å². The highest BCUT2D eigenvalue weighted by atomic mass is 16.5. The Balaban J connectivity index is 1.34. The van der Waals surface area contributed by atoms with Gasteiger partial charge in [0.2, 0.25) is 0 Å². The van der Waals surface area contributed by atoms with Crippen molar-refractivity contribution in [2.75, 3.05) is 5.32 Å². The van der Waals surface area contributed by atoms with Crippen molar-refractivity contribution in [1.82, 2.24) is 24.8 Å². The van der Waals surface area contributed by atoms with E-state index in [2.05, 4.69) is 27.4 Å². The molecule has 3 heterocycles. The third-order valence-corrected chi connectivity index (χ3v) is 5.64. The van der Waals surface area contributed by atoms with Gasteiger partial charge in [0.05, 0.1) is 5.69 Å². The normalized spacial score (nSPS) is 11.8. The average Bonchev–Trinajstić information content (AvgIpc) is 3.33. The van der Waals surface area contributed by atoms with E-state index in [9.17, 15) is 4.79 Å². The number of aromatic nitrogens is 5. The van der Waals surface area contributed by atoms with Crippen molar-refractivity contribution < 1.29 is 9.53 Å². The number of fused-ring (bicyclic) bond motifs is 1. The predicted octanol–water partition coefficient (Wildman–Crippen LogP) is 4.82. The molecule has 174 valence electrons. The van der Waals surface area contributed by atoms with Gasteiger partial charge in [0, 0.05) is 29.2 Å². The van der Waals surface area contributed by atoms with E-state index in [4.69, 9.17) is 9.84 Å². The van der Waals surface area contributed by atoms with Crippen LogP contribution in [0.4, 0.5) is 5.69 Å². The van der Waals surface area contributed by atoms with Crippen molar-refractivity contribution in [3.8, 4) is 28.4 Å². The molecule has 0 aliphatic rings. The molecule has 5 aromatic rings. The van der Waals surface area contributed by atoms with Crippen LogP contribution in [0.15, 0.2) is 85.2 Å². The highest BCUT2D eigenvalue weighted by molar-refractivity contribution is 5.94. The van der Waals surface area contributed by atoms with Crippen LogP contribution >= 0.6 is 0 Å². The second kappa shape index (κ2) is 9.72. The second-order valence-corrected chi connectivity index (χ2v) is 8.08. The fourth-order valence-electron chi connectivity index (χ4n) is 3.69. The smallest absolute Gasteiger partial charge is 0.265 e. The SMILES string of the molecule is CCc1ccc(OC(C)C(=O)Nc2cccc(-c3ccc4nnc(-c5ccncc5)n4n3)c2)cc1. The monoisotopic (exact) mass is 464 g/mol. The van der Waals surface area contributed by atoms with Crippen molar-refractivity contribution in [2.24, 2.45) is 0 Å². The van der Waals surface area contributed by atoms with Gasteiger partial charge >= 0.3 is 0 Å². The molecule has 0 saturated heterocycles. The first-order valence-corrected chi connectivity index (χ1v) is 11.4. The van der Waals surface area contributed by atoms with Crippen LogP contribution in [0.3, 0.4) is 0 Å². The molecule has 0 fully saturated rings. The van der Waals surface area contributed by atoms with Crippen LogP contribution < -0.4 is 10.1 Å². The Bertz CT molecular complexity index is 1460. The van der Waals surface area contributed by atoms with Gasteiger partial charge in [0.25, 0.3) is 5.91 Å². The third-order valence-electron chi connectivity index (χ3n) is 5.64. The van der Waals surface area contributed by atoms with Crippen LogP contribution in [0.25, 0.3) is 28.3 Å². The second-order valence-electron chi connectivity index (χ2n) is 8.08. The van der Waals surface area contributed by atoms with Crippen LogP contribution in [0.5, 0.6) is 5.75 Å². The minimum atomic E-state index is -0.652. The molecule has 0 aliphatic carbocycles. The van der Waals surface area contributed by atoms with Crippen molar-refractivity contribution in [3.05, 3.63) is 90.8 Å².